The lowest BCUT2D eigenvalue weighted by Crippen LogP contribution is -2.53. The Hall–Kier alpha value is -4.04. The number of alkyl halides is 1. The van der Waals surface area contributed by atoms with Crippen LogP contribution in [-0.2, 0) is 4.79 Å². The number of nitrogens with zero attached hydrogens (tertiary/aromatic N) is 4. The van der Waals surface area contributed by atoms with Crippen molar-refractivity contribution in [1.29, 1.82) is 5.26 Å². The summed E-state index contributed by atoms with van der Waals surface area (Å²) in [6.45, 7) is 2.31. The Balaban J connectivity index is 1.49. The SMILES string of the molecule is CC(C)(O)[C@H](F)CNC(=O)c1cnc(-c2ccc3cc(C#N)cnn23)cc1NC12CCC(C(=O)O)(CC1)CC2. The molecule has 39 heavy (non-hydrogen) atoms. The van der Waals surface area contributed by atoms with Crippen LogP contribution >= 0.6 is 0 Å². The highest BCUT2D eigenvalue weighted by atomic mass is 19.1. The van der Waals surface area contributed by atoms with Crippen LogP contribution in [0.3, 0.4) is 0 Å². The summed E-state index contributed by atoms with van der Waals surface area (Å²) in [5, 5.41) is 39.4. The van der Waals surface area contributed by atoms with Crippen molar-refractivity contribution in [3.8, 4) is 17.5 Å². The third kappa shape index (κ3) is 4.92. The van der Waals surface area contributed by atoms with E-state index in [2.05, 4.69) is 26.8 Å². The molecule has 3 aromatic rings. The number of carbonyl (C=O) groups is 2. The first-order chi connectivity index (χ1) is 18.5. The molecule has 1 amide bonds. The Labute approximate surface area is 224 Å². The van der Waals surface area contributed by atoms with Crippen LogP contribution in [0.15, 0.2) is 36.7 Å². The average Bonchev–Trinajstić information content (AvgIpc) is 3.35. The molecule has 0 aliphatic heterocycles. The van der Waals surface area contributed by atoms with Crippen LogP contribution in [0.5, 0.6) is 0 Å². The summed E-state index contributed by atoms with van der Waals surface area (Å²) in [5.74, 6) is -1.29. The van der Waals surface area contributed by atoms with Crippen LogP contribution in [-0.4, -0.2) is 60.5 Å². The van der Waals surface area contributed by atoms with E-state index in [1.165, 1.54) is 26.2 Å². The lowest BCUT2D eigenvalue weighted by molar-refractivity contribution is -0.155. The average molecular weight is 535 g/mol. The number of halogens is 1. The molecule has 204 valence electrons. The number of aliphatic hydroxyl groups is 1. The molecule has 0 radical (unpaired) electrons. The van der Waals surface area contributed by atoms with Crippen LogP contribution in [0.2, 0.25) is 0 Å². The second kappa shape index (κ2) is 9.61. The van der Waals surface area contributed by atoms with Gasteiger partial charge in [0.2, 0.25) is 0 Å². The van der Waals surface area contributed by atoms with E-state index in [0.29, 0.717) is 66.7 Å². The van der Waals surface area contributed by atoms with Gasteiger partial charge in [-0.3, -0.25) is 14.6 Å². The minimum atomic E-state index is -1.67. The maximum atomic E-state index is 14.4. The van der Waals surface area contributed by atoms with Gasteiger partial charge >= 0.3 is 5.97 Å². The molecule has 2 bridgehead atoms. The number of rotatable bonds is 8. The Bertz CT molecular complexity index is 1460. The normalized spacial score (nSPS) is 23.3. The highest BCUT2D eigenvalue weighted by Gasteiger charge is 2.52. The molecular weight excluding hydrogens is 503 g/mol. The van der Waals surface area contributed by atoms with Crippen molar-refractivity contribution in [2.24, 2.45) is 5.41 Å². The Morgan fingerprint density at radius 3 is 2.49 bits per heavy atom. The summed E-state index contributed by atoms with van der Waals surface area (Å²) in [6, 6.07) is 9.19. The zero-order valence-corrected chi connectivity index (χ0v) is 21.9. The van der Waals surface area contributed by atoms with Crippen molar-refractivity contribution < 1.29 is 24.2 Å². The number of fused-ring (bicyclic) bond motifs is 4. The van der Waals surface area contributed by atoms with E-state index in [0.717, 1.165) is 0 Å². The Morgan fingerprint density at radius 1 is 1.18 bits per heavy atom. The van der Waals surface area contributed by atoms with Gasteiger partial charge in [0.15, 0.2) is 0 Å². The first-order valence-electron chi connectivity index (χ1n) is 13.0. The summed E-state index contributed by atoms with van der Waals surface area (Å²) in [6.07, 6.45) is 4.83. The third-order valence-corrected chi connectivity index (χ3v) is 8.35. The van der Waals surface area contributed by atoms with E-state index in [-0.39, 0.29) is 17.6 Å². The summed E-state index contributed by atoms with van der Waals surface area (Å²) < 4.78 is 16.0. The van der Waals surface area contributed by atoms with Crippen molar-refractivity contribution >= 4 is 23.1 Å². The molecule has 0 saturated heterocycles. The minimum absolute atomic E-state index is 0.220. The number of aromatic nitrogens is 3. The molecule has 4 N–H and O–H groups in total. The molecule has 3 heterocycles. The van der Waals surface area contributed by atoms with E-state index in [1.54, 1.807) is 16.6 Å². The number of carbonyl (C=O) groups excluding carboxylic acids is 1. The van der Waals surface area contributed by atoms with E-state index >= 15 is 0 Å². The number of anilines is 1. The van der Waals surface area contributed by atoms with E-state index in [4.69, 9.17) is 0 Å². The molecule has 3 saturated carbocycles. The number of nitrogens with one attached hydrogen (secondary N) is 2. The summed E-state index contributed by atoms with van der Waals surface area (Å²) >= 11 is 0. The Kier molecular flexibility index (Phi) is 6.55. The molecule has 1 atom stereocenters. The van der Waals surface area contributed by atoms with Crippen LogP contribution in [0.4, 0.5) is 10.1 Å². The van der Waals surface area contributed by atoms with Crippen LogP contribution < -0.4 is 10.6 Å². The molecular formula is C28H31FN6O4. The van der Waals surface area contributed by atoms with Gasteiger partial charge in [0.25, 0.3) is 5.91 Å². The number of amides is 1. The molecule has 3 aliphatic carbocycles. The van der Waals surface area contributed by atoms with Gasteiger partial charge in [-0.05, 0) is 76.6 Å². The number of carboxylic acid groups (broad SMARTS) is 1. The smallest absolute Gasteiger partial charge is 0.309 e. The van der Waals surface area contributed by atoms with Crippen molar-refractivity contribution in [2.45, 2.75) is 69.7 Å². The van der Waals surface area contributed by atoms with Crippen LogP contribution in [0.1, 0.15) is 68.3 Å². The number of carboxylic acids is 1. The van der Waals surface area contributed by atoms with Crippen molar-refractivity contribution in [3.05, 3.63) is 47.8 Å². The standard InChI is InChI=1S/C28H31FN6O4/c1-26(2,39)23(29)16-32-24(36)19-15-31-21(22-4-3-18-11-17(13-30)14-33-35(18)22)12-20(19)34-28-8-5-27(6-9-28,7-10-28)25(37)38/h3-4,11-12,14-15,23,39H,5-10,16H2,1-2H3,(H,31,34)(H,32,36)(H,37,38)/t23-,27?,28?/m1/s1. The van der Waals surface area contributed by atoms with Crippen molar-refractivity contribution in [1.82, 2.24) is 19.9 Å². The predicted molar refractivity (Wildman–Crippen MR) is 141 cm³/mol. The van der Waals surface area contributed by atoms with E-state index in [9.17, 15) is 29.5 Å². The fraction of sp³-hybridized carbons (Fsp3) is 0.464. The summed E-state index contributed by atoms with van der Waals surface area (Å²) in [7, 11) is 0. The first-order valence-corrected chi connectivity index (χ1v) is 13.0. The van der Waals surface area contributed by atoms with Crippen molar-refractivity contribution in [2.75, 3.05) is 11.9 Å². The zero-order chi connectivity index (χ0) is 28.0. The number of hydrogen-bond donors (Lipinski definition) is 4. The van der Waals surface area contributed by atoms with Crippen molar-refractivity contribution in [3.63, 3.8) is 0 Å². The van der Waals surface area contributed by atoms with Gasteiger partial charge in [0.05, 0.1) is 57.5 Å². The zero-order valence-electron chi connectivity index (χ0n) is 21.9. The third-order valence-electron chi connectivity index (χ3n) is 8.35. The number of pyridine rings is 1. The lowest BCUT2D eigenvalue weighted by Gasteiger charge is -2.52. The maximum Gasteiger partial charge on any atom is 0.309 e. The highest BCUT2D eigenvalue weighted by molar-refractivity contribution is 6.00. The molecule has 3 aromatic heterocycles. The highest BCUT2D eigenvalue weighted by Crippen LogP contribution is 2.53. The van der Waals surface area contributed by atoms with Gasteiger partial charge in [-0.15, -0.1) is 0 Å². The topological polar surface area (TPSA) is 153 Å². The Morgan fingerprint density at radius 2 is 1.87 bits per heavy atom. The van der Waals surface area contributed by atoms with Gasteiger partial charge in [-0.1, -0.05) is 0 Å². The second-order valence-electron chi connectivity index (χ2n) is 11.3. The molecule has 0 spiro atoms. The van der Waals surface area contributed by atoms with Gasteiger partial charge in [-0.25, -0.2) is 8.91 Å². The van der Waals surface area contributed by atoms with Gasteiger partial charge in [0.1, 0.15) is 12.2 Å². The largest absolute Gasteiger partial charge is 0.481 e. The van der Waals surface area contributed by atoms with Gasteiger partial charge in [-0.2, -0.15) is 10.4 Å². The van der Waals surface area contributed by atoms with E-state index < -0.39 is 29.1 Å². The lowest BCUT2D eigenvalue weighted by atomic mass is 9.57. The summed E-state index contributed by atoms with van der Waals surface area (Å²) in [5.41, 5.74) is 0.399. The second-order valence-corrected chi connectivity index (χ2v) is 11.3. The molecule has 0 aromatic carbocycles. The maximum absolute atomic E-state index is 14.4. The molecule has 3 aliphatic rings. The molecule has 11 heteroatoms. The molecule has 0 unspecified atom stereocenters. The quantitative estimate of drug-likeness (QED) is 0.341. The molecule has 3 fully saturated rings. The fourth-order valence-electron chi connectivity index (χ4n) is 5.64. The van der Waals surface area contributed by atoms with Crippen LogP contribution in [0.25, 0.3) is 16.9 Å². The number of hydrogen-bond acceptors (Lipinski definition) is 7. The van der Waals surface area contributed by atoms with E-state index in [1.807, 2.05) is 12.1 Å². The molecule has 10 nitrogen and oxygen atoms in total. The number of aliphatic carboxylic acids is 1. The minimum Gasteiger partial charge on any atom is -0.481 e. The summed E-state index contributed by atoms with van der Waals surface area (Å²) in [4.78, 5) is 29.6. The molecule has 6 rings (SSSR count). The fourth-order valence-corrected chi connectivity index (χ4v) is 5.64. The number of nitriles is 1. The van der Waals surface area contributed by atoms with Gasteiger partial charge < -0.3 is 20.8 Å². The van der Waals surface area contributed by atoms with Gasteiger partial charge in [0, 0.05) is 11.7 Å². The van der Waals surface area contributed by atoms with Crippen LogP contribution in [0, 0.1) is 16.7 Å². The monoisotopic (exact) mass is 534 g/mol. The predicted octanol–water partition coefficient (Wildman–Crippen LogP) is 3.70. The first kappa shape index (κ1) is 26.6.